The summed E-state index contributed by atoms with van der Waals surface area (Å²) in [6.45, 7) is 0.334. The summed E-state index contributed by atoms with van der Waals surface area (Å²) < 4.78 is 29.2. The van der Waals surface area contributed by atoms with Crippen molar-refractivity contribution in [2.24, 2.45) is 15.2 Å². The van der Waals surface area contributed by atoms with Crippen molar-refractivity contribution in [3.05, 3.63) is 101 Å². The first kappa shape index (κ1) is 21.6. The van der Waals surface area contributed by atoms with E-state index >= 15 is 0 Å². The fourth-order valence-electron chi connectivity index (χ4n) is 3.40. The number of benzene rings is 3. The second-order valence-electron chi connectivity index (χ2n) is 7.10. The minimum atomic E-state index is -4.07. The summed E-state index contributed by atoms with van der Waals surface area (Å²) in [4.78, 5) is -0.0554. The monoisotopic (exact) mass is 462 g/mol. The van der Waals surface area contributed by atoms with Gasteiger partial charge in [-0.2, -0.15) is 18.8 Å². The molecule has 0 saturated carbocycles. The maximum absolute atomic E-state index is 12.7. The number of nitrogens with zero attached hydrogens (tertiary/aromatic N) is 4. The van der Waals surface area contributed by atoms with Crippen LogP contribution in [-0.2, 0) is 10.0 Å². The second kappa shape index (κ2) is 8.83. The minimum Gasteiger partial charge on any atom is -0.367 e. The molecule has 0 spiro atoms. The number of guanidine groups is 1. The molecule has 0 aromatic heterocycles. The van der Waals surface area contributed by atoms with E-state index in [1.807, 2.05) is 48.5 Å². The molecule has 0 radical (unpaired) electrons. The fourth-order valence-corrected chi connectivity index (χ4v) is 4.45. The molecule has 1 heterocycles. The summed E-state index contributed by atoms with van der Waals surface area (Å²) in [5, 5.41) is 15.5. The van der Waals surface area contributed by atoms with E-state index in [0.717, 1.165) is 16.8 Å². The smallest absolute Gasteiger partial charge is 0.285 e. The first-order valence-electron chi connectivity index (χ1n) is 9.65. The van der Waals surface area contributed by atoms with Crippen LogP contribution in [0.2, 0.25) is 5.02 Å². The largest absolute Gasteiger partial charge is 0.367 e. The van der Waals surface area contributed by atoms with Crippen molar-refractivity contribution >= 4 is 33.3 Å². The zero-order valence-electron chi connectivity index (χ0n) is 16.8. The number of nitrogens with two attached hydrogens (primary N) is 1. The topological polar surface area (TPSA) is 112 Å². The quantitative estimate of drug-likeness (QED) is 0.469. The number of hydrogen-bond donors (Lipinski definition) is 1. The Morgan fingerprint density at radius 3 is 2.34 bits per heavy atom. The highest BCUT2D eigenvalue weighted by Crippen LogP contribution is 2.29. The number of hydrogen-bond acceptors (Lipinski definition) is 4. The Balaban J connectivity index is 1.69. The highest BCUT2D eigenvalue weighted by Gasteiger charge is 2.31. The Bertz CT molecular complexity index is 1330. The molecular weight excluding hydrogens is 445 g/mol. The third kappa shape index (κ3) is 4.49. The van der Waals surface area contributed by atoms with Crippen LogP contribution in [0.1, 0.15) is 22.6 Å². The molecule has 160 valence electrons. The van der Waals surface area contributed by atoms with Crippen LogP contribution in [0.15, 0.2) is 93.3 Å². The third-order valence-electron chi connectivity index (χ3n) is 5.02. The van der Waals surface area contributed by atoms with E-state index < -0.39 is 10.0 Å². The van der Waals surface area contributed by atoms with Crippen molar-refractivity contribution in [2.75, 3.05) is 6.54 Å². The van der Waals surface area contributed by atoms with Crippen LogP contribution in [0.4, 0.5) is 0 Å². The van der Waals surface area contributed by atoms with Crippen LogP contribution in [-0.4, -0.2) is 31.6 Å². The van der Waals surface area contributed by atoms with Gasteiger partial charge in [-0.15, -0.1) is 4.40 Å². The minimum absolute atomic E-state index is 0.0554. The van der Waals surface area contributed by atoms with E-state index in [4.69, 9.17) is 22.6 Å². The third-order valence-corrected chi connectivity index (χ3v) is 6.56. The molecule has 0 saturated heterocycles. The Hall–Kier alpha value is -3.67. The van der Waals surface area contributed by atoms with Gasteiger partial charge < -0.3 is 5.73 Å². The van der Waals surface area contributed by atoms with Crippen LogP contribution in [0.3, 0.4) is 0 Å². The van der Waals surface area contributed by atoms with Gasteiger partial charge in [0.2, 0.25) is 5.96 Å². The highest BCUT2D eigenvalue weighted by atomic mass is 35.5. The van der Waals surface area contributed by atoms with Gasteiger partial charge in [0.1, 0.15) is 0 Å². The molecule has 9 heteroatoms. The molecule has 1 atom stereocenters. The van der Waals surface area contributed by atoms with E-state index in [9.17, 15) is 8.42 Å². The molecule has 0 bridgehead atoms. The van der Waals surface area contributed by atoms with Gasteiger partial charge in [-0.25, -0.2) is 5.01 Å². The second-order valence-corrected chi connectivity index (χ2v) is 9.14. The Labute approximate surface area is 191 Å². The molecule has 1 aliphatic rings. The van der Waals surface area contributed by atoms with Crippen LogP contribution in [0, 0.1) is 11.3 Å². The first-order valence-corrected chi connectivity index (χ1v) is 11.5. The first-order chi connectivity index (χ1) is 15.4. The average Bonchev–Trinajstić information content (AvgIpc) is 3.26. The number of halogens is 1. The van der Waals surface area contributed by atoms with Crippen molar-refractivity contribution in [3.8, 4) is 6.07 Å². The predicted molar refractivity (Wildman–Crippen MR) is 124 cm³/mol. The Morgan fingerprint density at radius 1 is 1.06 bits per heavy atom. The van der Waals surface area contributed by atoms with Gasteiger partial charge in [-0.1, -0.05) is 54.1 Å². The van der Waals surface area contributed by atoms with Gasteiger partial charge in [-0.3, -0.25) is 0 Å². The van der Waals surface area contributed by atoms with Gasteiger partial charge in [0.15, 0.2) is 0 Å². The van der Waals surface area contributed by atoms with Crippen molar-refractivity contribution in [3.63, 3.8) is 0 Å². The normalized spacial score (nSPS) is 16.5. The average molecular weight is 463 g/mol. The van der Waals surface area contributed by atoms with Gasteiger partial charge in [0.25, 0.3) is 10.0 Å². The van der Waals surface area contributed by atoms with Crippen LogP contribution in [0.5, 0.6) is 0 Å². The summed E-state index contributed by atoms with van der Waals surface area (Å²) in [6, 6.07) is 24.5. The number of nitriles is 1. The molecule has 0 amide bonds. The lowest BCUT2D eigenvalue weighted by atomic mass is 9.91. The standard InChI is InChI=1S/C23H18ClN5O2S/c24-19-10-8-18(9-11-19)22-21(17-4-2-1-3-5-17)15-29(27-22)23(26)28-32(30,31)20-12-6-16(14-25)7-13-20/h1-13,21H,15H2,(H2,26,28)/i14-1. The molecular formula is C23H18ClN5O2S. The summed E-state index contributed by atoms with van der Waals surface area (Å²) in [5.74, 6) is -0.372. The zero-order chi connectivity index (χ0) is 22.7. The number of sulfonamides is 1. The molecule has 0 fully saturated rings. The molecule has 7 nitrogen and oxygen atoms in total. The lowest BCUT2D eigenvalue weighted by Gasteiger charge is -2.15. The molecule has 32 heavy (non-hydrogen) atoms. The van der Waals surface area contributed by atoms with Crippen LogP contribution < -0.4 is 5.73 Å². The molecule has 1 unspecified atom stereocenters. The Morgan fingerprint density at radius 2 is 1.72 bits per heavy atom. The number of hydrazone groups is 1. The van der Waals surface area contributed by atoms with Gasteiger partial charge in [-0.05, 0) is 47.5 Å². The van der Waals surface area contributed by atoms with E-state index in [-0.39, 0.29) is 16.8 Å². The predicted octanol–water partition coefficient (Wildman–Crippen LogP) is 3.72. The fraction of sp³-hybridized carbons (Fsp3) is 0.0870. The van der Waals surface area contributed by atoms with Crippen molar-refractivity contribution in [1.29, 1.82) is 5.26 Å². The molecule has 4 rings (SSSR count). The number of rotatable bonds is 4. The van der Waals surface area contributed by atoms with Gasteiger partial charge in [0.05, 0.1) is 28.8 Å². The van der Waals surface area contributed by atoms with Crippen molar-refractivity contribution in [1.82, 2.24) is 5.01 Å². The van der Waals surface area contributed by atoms with E-state index in [1.54, 1.807) is 12.1 Å². The van der Waals surface area contributed by atoms with E-state index in [2.05, 4.69) is 9.50 Å². The lowest BCUT2D eigenvalue weighted by molar-refractivity contribution is 0.470. The van der Waals surface area contributed by atoms with Crippen molar-refractivity contribution in [2.45, 2.75) is 10.8 Å². The van der Waals surface area contributed by atoms with Crippen LogP contribution >= 0.6 is 11.6 Å². The summed E-state index contributed by atoms with van der Waals surface area (Å²) in [6.07, 6.45) is 0. The van der Waals surface area contributed by atoms with Gasteiger partial charge in [0, 0.05) is 10.9 Å². The molecule has 2 N–H and O–H groups in total. The molecule has 1 aliphatic heterocycles. The SMILES string of the molecule is N#[11C]c1ccc(S(=O)(=O)N=C(N)N2CC(c3ccccc3)C(c3ccc(Cl)cc3)=N2)cc1. The maximum atomic E-state index is 12.7. The highest BCUT2D eigenvalue weighted by molar-refractivity contribution is 7.90. The molecule has 3 aromatic carbocycles. The molecule has 3 aromatic rings. The summed E-state index contributed by atoms with van der Waals surface area (Å²) in [7, 11) is -4.07. The summed E-state index contributed by atoms with van der Waals surface area (Å²) in [5.41, 5.74) is 9.04. The van der Waals surface area contributed by atoms with Crippen LogP contribution in [0.25, 0.3) is 0 Å². The van der Waals surface area contributed by atoms with Gasteiger partial charge >= 0.3 is 0 Å². The summed E-state index contributed by atoms with van der Waals surface area (Å²) >= 11 is 6.03. The van der Waals surface area contributed by atoms with E-state index in [1.165, 1.54) is 29.3 Å². The molecule has 0 aliphatic carbocycles. The maximum Gasteiger partial charge on any atom is 0.285 e. The van der Waals surface area contributed by atoms with Crippen molar-refractivity contribution < 1.29 is 8.42 Å². The Kier molecular flexibility index (Phi) is 5.95. The van der Waals surface area contributed by atoms with E-state index in [0.29, 0.717) is 17.1 Å². The zero-order valence-corrected chi connectivity index (χ0v) is 18.3. The lowest BCUT2D eigenvalue weighted by Crippen LogP contribution is -2.33.